The largest absolute Gasteiger partial charge is 0.370 e. The summed E-state index contributed by atoms with van der Waals surface area (Å²) in [5, 5.41) is 8.14. The predicted molar refractivity (Wildman–Crippen MR) is 85.7 cm³/mol. The van der Waals surface area contributed by atoms with E-state index >= 15 is 0 Å². The van der Waals surface area contributed by atoms with Crippen molar-refractivity contribution >= 4 is 16.7 Å². The number of quaternary nitrogens is 1. The van der Waals surface area contributed by atoms with Crippen LogP contribution in [-0.2, 0) is 11.8 Å². The van der Waals surface area contributed by atoms with Gasteiger partial charge in [-0.3, -0.25) is 9.59 Å². The number of benzene rings is 1. The highest BCUT2D eigenvalue weighted by Crippen LogP contribution is 2.12. The van der Waals surface area contributed by atoms with Crippen molar-refractivity contribution in [3.63, 3.8) is 0 Å². The molecule has 0 atom stereocenters. The van der Waals surface area contributed by atoms with E-state index in [0.717, 1.165) is 32.8 Å². The monoisotopic (exact) mass is 317 g/mol. The van der Waals surface area contributed by atoms with Crippen LogP contribution < -0.4 is 15.8 Å². The second-order valence-electron chi connectivity index (χ2n) is 5.69. The average molecular weight is 317 g/mol. The number of aromatic nitrogens is 2. The number of carbonyl (C=O) groups is 1. The molecule has 3 rings (SSSR count). The van der Waals surface area contributed by atoms with Gasteiger partial charge in [0.05, 0.1) is 31.7 Å². The summed E-state index contributed by atoms with van der Waals surface area (Å²) in [5.41, 5.74) is 0.0922. The lowest BCUT2D eigenvalue weighted by atomic mass is 10.1. The minimum Gasteiger partial charge on any atom is -0.370 e. The molecule has 2 N–H and O–H groups in total. The summed E-state index contributed by atoms with van der Waals surface area (Å²) in [7, 11) is 1.56. The van der Waals surface area contributed by atoms with E-state index in [0.29, 0.717) is 23.0 Å². The van der Waals surface area contributed by atoms with Gasteiger partial charge < -0.3 is 15.0 Å². The Bertz CT molecular complexity index is 765. The average Bonchev–Trinajstić information content (AvgIpc) is 2.59. The Balaban J connectivity index is 1.73. The van der Waals surface area contributed by atoms with E-state index in [4.69, 9.17) is 4.74 Å². The Kier molecular flexibility index (Phi) is 4.68. The van der Waals surface area contributed by atoms with Crippen LogP contribution in [0.3, 0.4) is 0 Å². The van der Waals surface area contributed by atoms with Crippen molar-refractivity contribution in [1.82, 2.24) is 15.1 Å². The van der Waals surface area contributed by atoms with Crippen molar-refractivity contribution in [3.05, 3.63) is 40.3 Å². The Hall–Kier alpha value is -2.25. The molecule has 1 aliphatic heterocycles. The lowest BCUT2D eigenvalue weighted by Crippen LogP contribution is -3.14. The molecule has 0 radical (unpaired) electrons. The molecule has 0 aliphatic carbocycles. The fourth-order valence-electron chi connectivity index (χ4n) is 2.81. The van der Waals surface area contributed by atoms with Gasteiger partial charge in [-0.05, 0) is 6.07 Å². The maximum Gasteiger partial charge on any atom is 0.274 e. The summed E-state index contributed by atoms with van der Waals surface area (Å²) in [4.78, 5) is 25.9. The zero-order valence-corrected chi connectivity index (χ0v) is 13.2. The van der Waals surface area contributed by atoms with Gasteiger partial charge in [-0.2, -0.15) is 5.10 Å². The molecule has 2 heterocycles. The molecule has 1 saturated heterocycles. The summed E-state index contributed by atoms with van der Waals surface area (Å²) in [6, 6.07) is 7.06. The van der Waals surface area contributed by atoms with Crippen LogP contribution in [0, 0.1) is 0 Å². The number of ether oxygens (including phenoxy) is 1. The smallest absolute Gasteiger partial charge is 0.274 e. The number of fused-ring (bicyclic) bond motifs is 1. The Morgan fingerprint density at radius 1 is 1.30 bits per heavy atom. The molecule has 2 aromatic rings. The van der Waals surface area contributed by atoms with Crippen molar-refractivity contribution in [3.8, 4) is 0 Å². The molecule has 7 heteroatoms. The molecule has 0 saturated carbocycles. The third-order valence-corrected chi connectivity index (χ3v) is 4.14. The van der Waals surface area contributed by atoms with E-state index in [1.807, 2.05) is 0 Å². The molecule has 0 spiro atoms. The lowest BCUT2D eigenvalue weighted by molar-refractivity contribution is -0.906. The second kappa shape index (κ2) is 6.89. The summed E-state index contributed by atoms with van der Waals surface area (Å²) in [6.07, 6.45) is 0. The molecule has 1 amide bonds. The lowest BCUT2D eigenvalue weighted by Gasteiger charge is -2.23. The van der Waals surface area contributed by atoms with Crippen LogP contribution in [0.5, 0.6) is 0 Å². The summed E-state index contributed by atoms with van der Waals surface area (Å²) in [6.45, 7) is 4.92. The number of rotatable bonds is 4. The van der Waals surface area contributed by atoms with E-state index in [2.05, 4.69) is 10.4 Å². The molecule has 1 aromatic heterocycles. The van der Waals surface area contributed by atoms with Crippen molar-refractivity contribution in [2.45, 2.75) is 0 Å². The van der Waals surface area contributed by atoms with Crippen LogP contribution in [-0.4, -0.2) is 55.1 Å². The fraction of sp³-hybridized carbons (Fsp3) is 0.438. The molecular weight excluding hydrogens is 296 g/mol. The maximum atomic E-state index is 12.4. The summed E-state index contributed by atoms with van der Waals surface area (Å²) in [5.74, 6) is -0.246. The van der Waals surface area contributed by atoms with Crippen molar-refractivity contribution in [1.29, 1.82) is 0 Å². The third-order valence-electron chi connectivity index (χ3n) is 4.14. The topological polar surface area (TPSA) is 77.7 Å². The normalized spacial score (nSPS) is 15.7. The van der Waals surface area contributed by atoms with E-state index in [1.165, 1.54) is 9.58 Å². The highest BCUT2D eigenvalue weighted by molar-refractivity contribution is 6.04. The Morgan fingerprint density at radius 2 is 2.00 bits per heavy atom. The second-order valence-corrected chi connectivity index (χ2v) is 5.69. The van der Waals surface area contributed by atoms with Gasteiger partial charge in [-0.15, -0.1) is 0 Å². The minimum atomic E-state index is -0.246. The number of hydrogen-bond acceptors (Lipinski definition) is 4. The SMILES string of the molecule is Cn1nc(C(=O)NCC[NH+]2CCOCC2)c2ccccc2c1=O. The van der Waals surface area contributed by atoms with Crippen molar-refractivity contribution in [2.75, 3.05) is 39.4 Å². The van der Waals surface area contributed by atoms with Crippen LogP contribution >= 0.6 is 0 Å². The fourth-order valence-corrected chi connectivity index (χ4v) is 2.81. The Morgan fingerprint density at radius 3 is 2.74 bits per heavy atom. The van der Waals surface area contributed by atoms with Gasteiger partial charge in [-0.1, -0.05) is 18.2 Å². The maximum absolute atomic E-state index is 12.4. The number of nitrogens with one attached hydrogen (secondary N) is 2. The van der Waals surface area contributed by atoms with Gasteiger partial charge in [0.2, 0.25) is 0 Å². The van der Waals surface area contributed by atoms with Gasteiger partial charge in [-0.25, -0.2) is 4.68 Å². The number of morpholine rings is 1. The predicted octanol–water partition coefficient (Wildman–Crippen LogP) is -1.42. The quantitative estimate of drug-likeness (QED) is 0.725. The molecule has 0 bridgehead atoms. The zero-order valence-electron chi connectivity index (χ0n) is 13.2. The number of aryl methyl sites for hydroxylation is 1. The van der Waals surface area contributed by atoms with Crippen LogP contribution in [0.1, 0.15) is 10.5 Å². The van der Waals surface area contributed by atoms with E-state index in [1.54, 1.807) is 31.3 Å². The first-order valence-electron chi connectivity index (χ1n) is 7.82. The first kappa shape index (κ1) is 15.6. The minimum absolute atomic E-state index is 0.199. The molecule has 122 valence electrons. The summed E-state index contributed by atoms with van der Waals surface area (Å²) < 4.78 is 6.53. The number of nitrogens with zero attached hydrogens (tertiary/aromatic N) is 2. The van der Waals surface area contributed by atoms with Crippen LogP contribution in [0.4, 0.5) is 0 Å². The highest BCUT2D eigenvalue weighted by atomic mass is 16.5. The van der Waals surface area contributed by atoms with Crippen LogP contribution in [0.25, 0.3) is 10.8 Å². The number of hydrogen-bond donors (Lipinski definition) is 2. The first-order chi connectivity index (χ1) is 11.2. The molecule has 1 aliphatic rings. The van der Waals surface area contributed by atoms with Crippen LogP contribution in [0.2, 0.25) is 0 Å². The molecule has 0 unspecified atom stereocenters. The van der Waals surface area contributed by atoms with Gasteiger partial charge >= 0.3 is 0 Å². The van der Waals surface area contributed by atoms with Gasteiger partial charge in [0.25, 0.3) is 11.5 Å². The molecule has 1 fully saturated rings. The van der Waals surface area contributed by atoms with Gasteiger partial charge in [0, 0.05) is 12.4 Å². The van der Waals surface area contributed by atoms with Crippen molar-refractivity contribution in [2.24, 2.45) is 7.05 Å². The zero-order chi connectivity index (χ0) is 16.2. The van der Waals surface area contributed by atoms with Crippen LogP contribution in [0.15, 0.2) is 29.1 Å². The van der Waals surface area contributed by atoms with Gasteiger partial charge in [0.15, 0.2) is 5.69 Å². The molecule has 7 nitrogen and oxygen atoms in total. The van der Waals surface area contributed by atoms with E-state index in [-0.39, 0.29) is 11.5 Å². The number of carbonyl (C=O) groups excluding carboxylic acids is 1. The number of amides is 1. The third kappa shape index (κ3) is 3.40. The van der Waals surface area contributed by atoms with Gasteiger partial charge in [0.1, 0.15) is 13.1 Å². The van der Waals surface area contributed by atoms with E-state index in [9.17, 15) is 9.59 Å². The summed E-state index contributed by atoms with van der Waals surface area (Å²) >= 11 is 0. The standard InChI is InChI=1S/C16H20N4O3/c1-19-16(22)13-5-3-2-4-12(13)14(18-19)15(21)17-6-7-20-8-10-23-11-9-20/h2-5H,6-11H2,1H3,(H,17,21)/p+1. The highest BCUT2D eigenvalue weighted by Gasteiger charge is 2.17. The van der Waals surface area contributed by atoms with E-state index < -0.39 is 0 Å². The van der Waals surface area contributed by atoms with Crippen molar-refractivity contribution < 1.29 is 14.4 Å². The molecule has 23 heavy (non-hydrogen) atoms. The molecular formula is C16H21N4O3+. The molecule has 1 aromatic carbocycles. The Labute approximate surface area is 133 Å². The first-order valence-corrected chi connectivity index (χ1v) is 7.82.